The maximum absolute atomic E-state index is 12.5. The molecule has 0 radical (unpaired) electrons. The van der Waals surface area contributed by atoms with Gasteiger partial charge in [0, 0.05) is 25.5 Å². The Morgan fingerprint density at radius 3 is 2.37 bits per heavy atom. The molecule has 0 spiro atoms. The first-order chi connectivity index (χ1) is 19.8. The van der Waals surface area contributed by atoms with Gasteiger partial charge in [-0.1, -0.05) is 79.6 Å². The number of hydrogen-bond donors (Lipinski definition) is 2. The Hall–Kier alpha value is -4.00. The number of pyridine rings is 1. The molecule has 0 fully saturated rings. The Morgan fingerprint density at radius 1 is 0.902 bits per heavy atom. The Kier molecular flexibility index (Phi) is 8.52. The van der Waals surface area contributed by atoms with Crippen LogP contribution in [-0.4, -0.2) is 50.7 Å². The van der Waals surface area contributed by atoms with Crippen molar-refractivity contribution in [2.75, 3.05) is 31.5 Å². The normalized spacial score (nSPS) is 13.0. The lowest BCUT2D eigenvalue weighted by Gasteiger charge is -2.30. The number of aliphatic hydroxyl groups is 1. The van der Waals surface area contributed by atoms with Gasteiger partial charge in [-0.25, -0.2) is 9.97 Å². The van der Waals surface area contributed by atoms with E-state index in [1.165, 1.54) is 5.56 Å². The van der Waals surface area contributed by atoms with Crippen LogP contribution in [0.5, 0.6) is 0 Å². The molecule has 5 aromatic rings. The summed E-state index contributed by atoms with van der Waals surface area (Å²) in [6.45, 7) is 12.5. The zero-order valence-corrected chi connectivity index (χ0v) is 24.9. The fourth-order valence-corrected chi connectivity index (χ4v) is 5.64. The Bertz CT molecular complexity index is 1620. The SMILES string of the molecule is CCCN(CC)CCNc1cc(-c2cccc(C)c2)c2cc(C(O)(c3ccc(C)cc3)c3cncn3C)ccc2n1. The van der Waals surface area contributed by atoms with Gasteiger partial charge in [-0.15, -0.1) is 0 Å². The summed E-state index contributed by atoms with van der Waals surface area (Å²) in [5, 5.41) is 17.1. The van der Waals surface area contributed by atoms with Crippen molar-refractivity contribution in [2.24, 2.45) is 7.05 Å². The van der Waals surface area contributed by atoms with Gasteiger partial charge < -0.3 is 19.9 Å². The largest absolute Gasteiger partial charge is 0.374 e. The smallest absolute Gasteiger partial charge is 0.156 e. The van der Waals surface area contributed by atoms with Crippen molar-refractivity contribution in [3.63, 3.8) is 0 Å². The molecule has 1 atom stereocenters. The van der Waals surface area contributed by atoms with E-state index in [0.29, 0.717) is 5.69 Å². The topological polar surface area (TPSA) is 66.2 Å². The van der Waals surface area contributed by atoms with Crippen molar-refractivity contribution in [3.05, 3.63) is 113 Å². The molecule has 0 aliphatic heterocycles. The van der Waals surface area contributed by atoms with E-state index in [1.54, 1.807) is 12.5 Å². The molecule has 0 bridgehead atoms. The summed E-state index contributed by atoms with van der Waals surface area (Å²) >= 11 is 0. The maximum Gasteiger partial charge on any atom is 0.156 e. The number of rotatable bonds is 11. The molecular weight excluding hydrogens is 506 g/mol. The molecule has 5 rings (SSSR count). The third kappa shape index (κ3) is 5.90. The van der Waals surface area contributed by atoms with Crippen molar-refractivity contribution in [3.8, 4) is 11.1 Å². The third-order valence-electron chi connectivity index (χ3n) is 7.93. The number of imidazole rings is 1. The van der Waals surface area contributed by atoms with Gasteiger partial charge >= 0.3 is 0 Å². The molecule has 6 heteroatoms. The zero-order chi connectivity index (χ0) is 29.0. The summed E-state index contributed by atoms with van der Waals surface area (Å²) in [6, 6.07) is 24.9. The van der Waals surface area contributed by atoms with Gasteiger partial charge in [-0.05, 0) is 73.8 Å². The van der Waals surface area contributed by atoms with Crippen LogP contribution < -0.4 is 5.32 Å². The minimum Gasteiger partial charge on any atom is -0.374 e. The summed E-state index contributed by atoms with van der Waals surface area (Å²) in [4.78, 5) is 11.8. The highest BCUT2D eigenvalue weighted by molar-refractivity contribution is 5.97. The summed E-state index contributed by atoms with van der Waals surface area (Å²) in [5.74, 6) is 0.856. The summed E-state index contributed by atoms with van der Waals surface area (Å²) in [7, 11) is 1.92. The molecule has 0 aliphatic carbocycles. The monoisotopic (exact) mass is 547 g/mol. The van der Waals surface area contributed by atoms with Gasteiger partial charge in [-0.3, -0.25) is 0 Å². The van der Waals surface area contributed by atoms with Crippen molar-refractivity contribution in [1.29, 1.82) is 0 Å². The molecule has 6 nitrogen and oxygen atoms in total. The van der Waals surface area contributed by atoms with E-state index >= 15 is 0 Å². The fraction of sp³-hybridized carbons (Fsp3) is 0.314. The molecule has 41 heavy (non-hydrogen) atoms. The van der Waals surface area contributed by atoms with E-state index in [2.05, 4.69) is 79.3 Å². The fourth-order valence-electron chi connectivity index (χ4n) is 5.64. The standard InChI is InChI=1S/C35H41N5O/c1-6-18-40(7-2)19-17-37-34-22-30(27-10-8-9-26(4)20-27)31-21-29(15-16-32(31)38-34)35(41,33-23-36-24-39(33)5)28-13-11-25(3)12-14-28/h8-16,20-24,41H,6-7,17-19H2,1-5H3,(H,37,38). The first-order valence-corrected chi connectivity index (χ1v) is 14.6. The van der Waals surface area contributed by atoms with Gasteiger partial charge in [0.05, 0.1) is 23.7 Å². The van der Waals surface area contributed by atoms with Crippen LogP contribution >= 0.6 is 0 Å². The van der Waals surface area contributed by atoms with Gasteiger partial charge in [0.1, 0.15) is 5.82 Å². The average Bonchev–Trinajstić information content (AvgIpc) is 3.42. The molecule has 2 heterocycles. The second-order valence-corrected chi connectivity index (χ2v) is 11.0. The molecular formula is C35H41N5O. The van der Waals surface area contributed by atoms with Crippen LogP contribution in [0.3, 0.4) is 0 Å². The number of hydrogen-bond acceptors (Lipinski definition) is 5. The number of nitrogens with zero attached hydrogens (tertiary/aromatic N) is 4. The Morgan fingerprint density at radius 2 is 1.68 bits per heavy atom. The molecule has 0 saturated carbocycles. The highest BCUT2D eigenvalue weighted by Crippen LogP contribution is 2.40. The number of nitrogens with one attached hydrogen (secondary N) is 1. The van der Waals surface area contributed by atoms with Crippen LogP contribution in [0.15, 0.2) is 85.3 Å². The molecule has 1 unspecified atom stereocenters. The van der Waals surface area contributed by atoms with Crippen molar-refractivity contribution < 1.29 is 5.11 Å². The highest BCUT2D eigenvalue weighted by Gasteiger charge is 2.37. The van der Waals surface area contributed by atoms with E-state index in [-0.39, 0.29) is 0 Å². The first-order valence-electron chi connectivity index (χ1n) is 14.6. The average molecular weight is 548 g/mol. The third-order valence-corrected chi connectivity index (χ3v) is 7.93. The molecule has 212 valence electrons. The van der Waals surface area contributed by atoms with Crippen LogP contribution in [0.2, 0.25) is 0 Å². The maximum atomic E-state index is 12.5. The van der Waals surface area contributed by atoms with Gasteiger partial charge in [-0.2, -0.15) is 0 Å². The Balaban J connectivity index is 1.64. The van der Waals surface area contributed by atoms with Crippen LogP contribution in [0.4, 0.5) is 5.82 Å². The first kappa shape index (κ1) is 28.5. The van der Waals surface area contributed by atoms with Gasteiger partial charge in [0.2, 0.25) is 0 Å². The Labute approximate surface area is 243 Å². The number of anilines is 1. The lowest BCUT2D eigenvalue weighted by atomic mass is 9.82. The number of aryl methyl sites for hydroxylation is 3. The van der Waals surface area contributed by atoms with Crippen LogP contribution in [0.1, 0.15) is 48.2 Å². The zero-order valence-electron chi connectivity index (χ0n) is 24.9. The summed E-state index contributed by atoms with van der Waals surface area (Å²) in [5.41, 5.74) is 6.30. The van der Waals surface area contributed by atoms with Crippen molar-refractivity contribution >= 4 is 16.7 Å². The number of likely N-dealkylation sites (N-methyl/N-ethyl adjacent to an activating group) is 1. The minimum absolute atomic E-state index is 0.705. The van der Waals surface area contributed by atoms with Gasteiger partial charge in [0.15, 0.2) is 5.60 Å². The van der Waals surface area contributed by atoms with Crippen molar-refractivity contribution in [2.45, 2.75) is 39.7 Å². The van der Waals surface area contributed by atoms with E-state index < -0.39 is 5.60 Å². The highest BCUT2D eigenvalue weighted by atomic mass is 16.3. The van der Waals surface area contributed by atoms with Crippen LogP contribution in [0, 0.1) is 13.8 Å². The van der Waals surface area contributed by atoms with E-state index in [9.17, 15) is 5.11 Å². The molecule has 3 aromatic carbocycles. The lowest BCUT2D eigenvalue weighted by Crippen LogP contribution is -2.31. The minimum atomic E-state index is -1.39. The molecule has 0 amide bonds. The number of fused-ring (bicyclic) bond motifs is 1. The van der Waals surface area contributed by atoms with E-state index in [4.69, 9.17) is 4.98 Å². The van der Waals surface area contributed by atoms with E-state index in [1.807, 2.05) is 48.0 Å². The predicted octanol–water partition coefficient (Wildman–Crippen LogP) is 6.68. The predicted molar refractivity (Wildman–Crippen MR) is 169 cm³/mol. The molecule has 2 N–H and O–H groups in total. The molecule has 2 aromatic heterocycles. The lowest BCUT2D eigenvalue weighted by molar-refractivity contribution is 0.117. The summed E-state index contributed by atoms with van der Waals surface area (Å²) < 4.78 is 1.88. The number of benzene rings is 3. The quantitative estimate of drug-likeness (QED) is 0.193. The second kappa shape index (κ2) is 12.2. The molecule has 0 saturated heterocycles. The van der Waals surface area contributed by atoms with Crippen LogP contribution in [-0.2, 0) is 12.6 Å². The summed E-state index contributed by atoms with van der Waals surface area (Å²) in [6.07, 6.45) is 4.62. The van der Waals surface area contributed by atoms with E-state index in [0.717, 1.165) is 77.1 Å². The molecule has 0 aliphatic rings. The second-order valence-electron chi connectivity index (χ2n) is 11.0. The van der Waals surface area contributed by atoms with Crippen LogP contribution in [0.25, 0.3) is 22.0 Å². The number of aromatic nitrogens is 3. The van der Waals surface area contributed by atoms with Crippen molar-refractivity contribution in [1.82, 2.24) is 19.4 Å². The van der Waals surface area contributed by atoms with Gasteiger partial charge in [0.25, 0.3) is 0 Å².